The van der Waals surface area contributed by atoms with E-state index in [1.165, 1.54) is 11.8 Å². The Morgan fingerprint density at radius 2 is 2.00 bits per heavy atom. The quantitative estimate of drug-likeness (QED) is 0.311. The molecule has 0 bridgehead atoms. The Morgan fingerprint density at radius 1 is 1.24 bits per heavy atom. The van der Waals surface area contributed by atoms with Gasteiger partial charge in [-0.3, -0.25) is 9.69 Å². The summed E-state index contributed by atoms with van der Waals surface area (Å²) >= 11 is 22.2. The molecule has 0 N–H and O–H groups in total. The first kappa shape index (κ1) is 22.4. The standard InChI is InChI=1S/C20H16BrCl2NO3S2/c1-3-24-19(25)18(29-20(24)28)7-12-6-16(26-2)17(9-14(12)21)27-10-11-4-5-13(22)8-15(11)23/h4-9H,3,10H2,1-2H3/b18-7-. The minimum absolute atomic E-state index is 0.0916. The van der Waals surface area contributed by atoms with Gasteiger partial charge in [-0.15, -0.1) is 0 Å². The molecule has 0 saturated carbocycles. The lowest BCUT2D eigenvalue weighted by molar-refractivity contribution is -0.121. The molecule has 1 amide bonds. The molecular formula is C20H16BrCl2NO3S2. The second-order valence-electron chi connectivity index (χ2n) is 5.97. The molecule has 3 rings (SSSR count). The molecule has 2 aromatic carbocycles. The van der Waals surface area contributed by atoms with E-state index >= 15 is 0 Å². The lowest BCUT2D eigenvalue weighted by atomic mass is 10.1. The third-order valence-electron chi connectivity index (χ3n) is 4.16. The number of likely N-dealkylation sites (N-methyl/N-ethyl adjacent to an activating group) is 1. The van der Waals surface area contributed by atoms with Crippen LogP contribution in [0.25, 0.3) is 6.08 Å². The summed E-state index contributed by atoms with van der Waals surface area (Å²) in [4.78, 5) is 14.6. The van der Waals surface area contributed by atoms with Crippen molar-refractivity contribution in [2.75, 3.05) is 13.7 Å². The number of halogens is 3. The second kappa shape index (κ2) is 9.71. The number of rotatable bonds is 6. The second-order valence-corrected chi connectivity index (χ2v) is 9.35. The van der Waals surface area contributed by atoms with Gasteiger partial charge < -0.3 is 9.47 Å². The number of benzene rings is 2. The molecule has 1 aliphatic heterocycles. The van der Waals surface area contributed by atoms with Gasteiger partial charge in [-0.05, 0) is 42.8 Å². The van der Waals surface area contributed by atoms with Gasteiger partial charge >= 0.3 is 0 Å². The van der Waals surface area contributed by atoms with Crippen molar-refractivity contribution in [1.82, 2.24) is 4.90 Å². The van der Waals surface area contributed by atoms with Gasteiger partial charge in [0.25, 0.3) is 5.91 Å². The number of hydrogen-bond acceptors (Lipinski definition) is 5. The van der Waals surface area contributed by atoms with E-state index < -0.39 is 0 Å². The van der Waals surface area contributed by atoms with E-state index in [0.29, 0.717) is 37.3 Å². The largest absolute Gasteiger partial charge is 0.493 e. The van der Waals surface area contributed by atoms with Crippen LogP contribution in [-0.2, 0) is 11.4 Å². The van der Waals surface area contributed by atoms with E-state index in [-0.39, 0.29) is 12.5 Å². The number of thioether (sulfide) groups is 1. The summed E-state index contributed by atoms with van der Waals surface area (Å²) in [6.45, 7) is 2.70. The zero-order valence-corrected chi connectivity index (χ0v) is 20.2. The lowest BCUT2D eigenvalue weighted by Gasteiger charge is -2.14. The van der Waals surface area contributed by atoms with Crippen molar-refractivity contribution in [2.45, 2.75) is 13.5 Å². The molecule has 1 saturated heterocycles. The summed E-state index contributed by atoms with van der Waals surface area (Å²) in [7, 11) is 1.56. The Hall–Kier alpha value is -1.25. The van der Waals surface area contributed by atoms with E-state index in [1.54, 1.807) is 42.4 Å². The molecule has 4 nitrogen and oxygen atoms in total. The van der Waals surface area contributed by atoms with E-state index in [4.69, 9.17) is 44.9 Å². The molecule has 0 aromatic heterocycles. The summed E-state index contributed by atoms with van der Waals surface area (Å²) in [5, 5.41) is 1.10. The molecule has 0 spiro atoms. The monoisotopic (exact) mass is 531 g/mol. The van der Waals surface area contributed by atoms with Crippen LogP contribution in [0.2, 0.25) is 10.0 Å². The predicted molar refractivity (Wildman–Crippen MR) is 127 cm³/mol. The van der Waals surface area contributed by atoms with Crippen molar-refractivity contribution in [3.63, 3.8) is 0 Å². The summed E-state index contributed by atoms with van der Waals surface area (Å²) in [6.07, 6.45) is 1.79. The Bertz CT molecular complexity index is 1010. The first-order valence-corrected chi connectivity index (χ1v) is 11.3. The van der Waals surface area contributed by atoms with Crippen molar-refractivity contribution in [3.05, 3.63) is 60.9 Å². The maximum atomic E-state index is 12.5. The van der Waals surface area contributed by atoms with Crippen LogP contribution in [0.3, 0.4) is 0 Å². The molecular weight excluding hydrogens is 517 g/mol. The van der Waals surface area contributed by atoms with Crippen LogP contribution in [-0.4, -0.2) is 28.8 Å². The Morgan fingerprint density at radius 3 is 2.62 bits per heavy atom. The lowest BCUT2D eigenvalue weighted by Crippen LogP contribution is -2.27. The topological polar surface area (TPSA) is 38.8 Å². The van der Waals surface area contributed by atoms with Gasteiger partial charge in [0.05, 0.1) is 12.0 Å². The SMILES string of the molecule is CCN1C(=O)/C(=C/c2cc(OC)c(OCc3ccc(Cl)cc3Cl)cc2Br)SC1=S. The van der Waals surface area contributed by atoms with Crippen molar-refractivity contribution in [1.29, 1.82) is 0 Å². The maximum Gasteiger partial charge on any atom is 0.266 e. The highest BCUT2D eigenvalue weighted by Crippen LogP contribution is 2.38. The average molecular weight is 533 g/mol. The van der Waals surface area contributed by atoms with Gasteiger partial charge in [0, 0.05) is 26.6 Å². The highest BCUT2D eigenvalue weighted by atomic mass is 79.9. The Kier molecular flexibility index (Phi) is 7.51. The number of carbonyl (C=O) groups is 1. The molecule has 1 heterocycles. The normalized spacial score (nSPS) is 15.3. The number of ether oxygens (including phenoxy) is 2. The van der Waals surface area contributed by atoms with Crippen molar-refractivity contribution in [2.24, 2.45) is 0 Å². The first-order chi connectivity index (χ1) is 13.8. The number of methoxy groups -OCH3 is 1. The first-order valence-electron chi connectivity index (χ1n) is 8.53. The maximum absolute atomic E-state index is 12.5. The van der Waals surface area contributed by atoms with E-state index in [9.17, 15) is 4.79 Å². The fraction of sp³-hybridized carbons (Fsp3) is 0.200. The fourth-order valence-corrected chi connectivity index (χ4v) is 4.92. The summed E-state index contributed by atoms with van der Waals surface area (Å²) in [6, 6.07) is 8.85. The van der Waals surface area contributed by atoms with Crippen LogP contribution < -0.4 is 9.47 Å². The molecule has 2 aromatic rings. The number of hydrogen-bond donors (Lipinski definition) is 0. The van der Waals surface area contributed by atoms with Crippen LogP contribution in [0.4, 0.5) is 0 Å². The zero-order valence-electron chi connectivity index (χ0n) is 15.5. The molecule has 152 valence electrons. The van der Waals surface area contributed by atoms with Gasteiger partial charge in [0.1, 0.15) is 10.9 Å². The molecule has 1 aliphatic rings. The van der Waals surface area contributed by atoms with Crippen molar-refractivity contribution >= 4 is 79.4 Å². The summed E-state index contributed by atoms with van der Waals surface area (Å²) in [5.41, 5.74) is 1.59. The van der Waals surface area contributed by atoms with Crippen molar-refractivity contribution in [3.8, 4) is 11.5 Å². The smallest absolute Gasteiger partial charge is 0.266 e. The van der Waals surface area contributed by atoms with Crippen molar-refractivity contribution < 1.29 is 14.3 Å². The molecule has 1 fully saturated rings. The van der Waals surface area contributed by atoms with Crippen LogP contribution in [0, 0.1) is 0 Å². The van der Waals surface area contributed by atoms with Crippen LogP contribution in [0.5, 0.6) is 11.5 Å². The summed E-state index contributed by atoms with van der Waals surface area (Å²) < 4.78 is 12.7. The third-order valence-corrected chi connectivity index (χ3v) is 6.81. The molecule has 0 unspecified atom stereocenters. The van der Waals surface area contributed by atoms with Crippen LogP contribution in [0.15, 0.2) is 39.7 Å². The van der Waals surface area contributed by atoms with Gasteiger partial charge in [-0.1, -0.05) is 69.2 Å². The number of thiocarbonyl (C=S) groups is 1. The van der Waals surface area contributed by atoms with Gasteiger partial charge in [0.2, 0.25) is 0 Å². The molecule has 0 aliphatic carbocycles. The molecule has 0 radical (unpaired) electrons. The van der Waals surface area contributed by atoms with Gasteiger partial charge in [-0.25, -0.2) is 0 Å². The Labute approximate surface area is 197 Å². The minimum atomic E-state index is -0.0916. The highest BCUT2D eigenvalue weighted by molar-refractivity contribution is 9.10. The average Bonchev–Trinajstić information content (AvgIpc) is 2.95. The third kappa shape index (κ3) is 5.09. The minimum Gasteiger partial charge on any atom is -0.493 e. The highest BCUT2D eigenvalue weighted by Gasteiger charge is 2.30. The van der Waals surface area contributed by atoms with E-state index in [0.717, 1.165) is 15.6 Å². The van der Waals surface area contributed by atoms with Crippen LogP contribution in [0.1, 0.15) is 18.1 Å². The van der Waals surface area contributed by atoms with E-state index in [1.807, 2.05) is 13.0 Å². The van der Waals surface area contributed by atoms with Gasteiger partial charge in [-0.2, -0.15) is 0 Å². The number of amides is 1. The number of nitrogens with zero attached hydrogens (tertiary/aromatic N) is 1. The predicted octanol–water partition coefficient (Wildman–Crippen LogP) is 6.56. The van der Waals surface area contributed by atoms with Gasteiger partial charge in [0.15, 0.2) is 11.5 Å². The molecule has 9 heteroatoms. The number of carbonyl (C=O) groups excluding carboxylic acids is 1. The molecule has 0 atom stereocenters. The van der Waals surface area contributed by atoms with E-state index in [2.05, 4.69) is 15.9 Å². The molecule has 29 heavy (non-hydrogen) atoms. The van der Waals surface area contributed by atoms with Crippen LogP contribution >= 0.6 is 63.1 Å². The summed E-state index contributed by atoms with van der Waals surface area (Å²) in [5.74, 6) is 0.991. The fourth-order valence-electron chi connectivity index (χ4n) is 2.64. The Balaban J connectivity index is 1.85. The zero-order chi connectivity index (χ0) is 21.1.